The molecule has 2 rings (SSSR count). The van der Waals surface area contributed by atoms with Crippen LogP contribution in [0.15, 0.2) is 24.3 Å². The average molecular weight is 354 g/mol. The minimum absolute atomic E-state index is 0.0922. The highest BCUT2D eigenvalue weighted by atomic mass is 19.4. The molecule has 136 valence electrons. The maximum absolute atomic E-state index is 12.6. The van der Waals surface area contributed by atoms with Crippen LogP contribution >= 0.6 is 0 Å². The van der Waals surface area contributed by atoms with Crippen molar-refractivity contribution in [2.45, 2.75) is 31.5 Å². The van der Waals surface area contributed by atoms with Crippen LogP contribution < -0.4 is 10.1 Å². The Kier molecular flexibility index (Phi) is 6.71. The van der Waals surface area contributed by atoms with Gasteiger partial charge in [0, 0.05) is 0 Å². The molecule has 1 fully saturated rings. The second kappa shape index (κ2) is 8.77. The molecule has 0 aromatic heterocycles. The number of ether oxygens (including phenoxy) is 1. The number of benzene rings is 1. The second-order valence-electron chi connectivity index (χ2n) is 5.85. The standard InChI is InChI=1S/C18H21F3N2O2/c1-2-10-23-11-4-3-8-16(23)17(24)22-9-12-25-15-7-5-6-14(13-15)18(19,20)21/h1,5-7,13,16H,3-4,8-12H2,(H,22,24). The van der Waals surface area contributed by atoms with Crippen molar-refractivity contribution in [2.75, 3.05) is 26.2 Å². The fraction of sp³-hybridized carbons (Fsp3) is 0.500. The van der Waals surface area contributed by atoms with E-state index < -0.39 is 11.7 Å². The minimum atomic E-state index is -4.41. The lowest BCUT2D eigenvalue weighted by atomic mass is 10.0. The first-order valence-corrected chi connectivity index (χ1v) is 8.17. The normalized spacial score (nSPS) is 18.4. The van der Waals surface area contributed by atoms with Crippen LogP contribution in [0.5, 0.6) is 5.75 Å². The van der Waals surface area contributed by atoms with E-state index in [4.69, 9.17) is 11.2 Å². The number of piperidine rings is 1. The molecule has 4 nitrogen and oxygen atoms in total. The van der Waals surface area contributed by atoms with Gasteiger partial charge in [0.05, 0.1) is 24.7 Å². The van der Waals surface area contributed by atoms with E-state index in [1.54, 1.807) is 0 Å². The maximum atomic E-state index is 12.6. The summed E-state index contributed by atoms with van der Waals surface area (Å²) < 4.78 is 43.2. The van der Waals surface area contributed by atoms with Crippen molar-refractivity contribution in [1.82, 2.24) is 10.2 Å². The molecular formula is C18H21F3N2O2. The van der Waals surface area contributed by atoms with Gasteiger partial charge >= 0.3 is 6.18 Å². The van der Waals surface area contributed by atoms with Crippen molar-refractivity contribution in [3.05, 3.63) is 29.8 Å². The molecule has 1 atom stereocenters. The van der Waals surface area contributed by atoms with Crippen LogP contribution in [0, 0.1) is 12.3 Å². The Labute approximate surface area is 145 Å². The molecular weight excluding hydrogens is 333 g/mol. The zero-order chi connectivity index (χ0) is 18.3. The van der Waals surface area contributed by atoms with Gasteiger partial charge in [0.1, 0.15) is 12.4 Å². The number of carbonyl (C=O) groups is 1. The van der Waals surface area contributed by atoms with Crippen LogP contribution in [0.2, 0.25) is 0 Å². The zero-order valence-corrected chi connectivity index (χ0v) is 13.8. The van der Waals surface area contributed by atoms with Crippen LogP contribution in [0.25, 0.3) is 0 Å². The topological polar surface area (TPSA) is 41.6 Å². The molecule has 7 heteroatoms. The van der Waals surface area contributed by atoms with Gasteiger partial charge < -0.3 is 10.1 Å². The molecule has 1 aromatic carbocycles. The predicted molar refractivity (Wildman–Crippen MR) is 88.0 cm³/mol. The number of terminal acetylenes is 1. The highest BCUT2D eigenvalue weighted by Crippen LogP contribution is 2.31. The highest BCUT2D eigenvalue weighted by molar-refractivity contribution is 5.81. The molecule has 1 aliphatic rings. The third-order valence-corrected chi connectivity index (χ3v) is 4.04. The van der Waals surface area contributed by atoms with Crippen LogP contribution in [-0.4, -0.2) is 43.1 Å². The number of halogens is 3. The molecule has 1 unspecified atom stereocenters. The van der Waals surface area contributed by atoms with Crippen molar-refractivity contribution >= 4 is 5.91 Å². The Morgan fingerprint density at radius 3 is 2.92 bits per heavy atom. The van der Waals surface area contributed by atoms with Gasteiger partial charge in [-0.1, -0.05) is 18.4 Å². The number of hydrogen-bond donors (Lipinski definition) is 1. The van der Waals surface area contributed by atoms with E-state index in [0.29, 0.717) is 6.54 Å². The summed E-state index contributed by atoms with van der Waals surface area (Å²) in [6, 6.07) is 4.41. The van der Waals surface area contributed by atoms with Gasteiger partial charge in [-0.25, -0.2) is 0 Å². The van der Waals surface area contributed by atoms with Gasteiger partial charge in [-0.05, 0) is 37.6 Å². The van der Waals surface area contributed by atoms with Gasteiger partial charge in [0.2, 0.25) is 5.91 Å². The Morgan fingerprint density at radius 1 is 1.40 bits per heavy atom. The number of hydrogen-bond acceptors (Lipinski definition) is 3. The third-order valence-electron chi connectivity index (χ3n) is 4.04. The molecule has 25 heavy (non-hydrogen) atoms. The molecule has 1 saturated heterocycles. The van der Waals surface area contributed by atoms with Crippen molar-refractivity contribution in [3.8, 4) is 18.1 Å². The average Bonchev–Trinajstić information content (AvgIpc) is 2.59. The summed E-state index contributed by atoms with van der Waals surface area (Å²) in [5.74, 6) is 2.56. The van der Waals surface area contributed by atoms with Crippen LogP contribution in [0.1, 0.15) is 24.8 Å². The first-order chi connectivity index (χ1) is 11.9. The van der Waals surface area contributed by atoms with E-state index in [2.05, 4.69) is 11.2 Å². The number of alkyl halides is 3. The monoisotopic (exact) mass is 354 g/mol. The zero-order valence-electron chi connectivity index (χ0n) is 13.8. The number of carbonyl (C=O) groups excluding carboxylic acids is 1. The summed E-state index contributed by atoms with van der Waals surface area (Å²) in [5.41, 5.74) is -0.763. The lowest BCUT2D eigenvalue weighted by Crippen LogP contribution is -2.50. The molecule has 1 amide bonds. The van der Waals surface area contributed by atoms with E-state index >= 15 is 0 Å². The van der Waals surface area contributed by atoms with Crippen LogP contribution in [0.4, 0.5) is 13.2 Å². The van der Waals surface area contributed by atoms with Gasteiger partial charge in [0.15, 0.2) is 0 Å². The molecule has 0 spiro atoms. The van der Waals surface area contributed by atoms with Gasteiger partial charge in [-0.3, -0.25) is 9.69 Å². The Bertz CT molecular complexity index is 625. The summed E-state index contributed by atoms with van der Waals surface area (Å²) in [4.78, 5) is 14.2. The van der Waals surface area contributed by atoms with E-state index in [0.717, 1.165) is 37.9 Å². The summed E-state index contributed by atoms with van der Waals surface area (Å²) in [5, 5.41) is 2.76. The fourth-order valence-electron chi connectivity index (χ4n) is 2.82. The van der Waals surface area contributed by atoms with Gasteiger partial charge in [0.25, 0.3) is 0 Å². The van der Waals surface area contributed by atoms with E-state index in [-0.39, 0.29) is 30.9 Å². The van der Waals surface area contributed by atoms with Crippen molar-refractivity contribution in [2.24, 2.45) is 0 Å². The highest BCUT2D eigenvalue weighted by Gasteiger charge is 2.30. The molecule has 1 aliphatic heterocycles. The number of nitrogens with one attached hydrogen (secondary N) is 1. The van der Waals surface area contributed by atoms with Crippen LogP contribution in [-0.2, 0) is 11.0 Å². The number of nitrogens with zero attached hydrogens (tertiary/aromatic N) is 1. The largest absolute Gasteiger partial charge is 0.492 e. The van der Waals surface area contributed by atoms with Crippen molar-refractivity contribution in [3.63, 3.8) is 0 Å². The summed E-state index contributed by atoms with van der Waals surface area (Å²) in [6.45, 7) is 1.53. The second-order valence-corrected chi connectivity index (χ2v) is 5.85. The molecule has 0 aliphatic carbocycles. The molecule has 0 bridgehead atoms. The number of likely N-dealkylation sites (tertiary alicyclic amines) is 1. The lowest BCUT2D eigenvalue weighted by Gasteiger charge is -2.33. The third kappa shape index (κ3) is 5.68. The minimum Gasteiger partial charge on any atom is -0.492 e. The Morgan fingerprint density at radius 2 is 2.20 bits per heavy atom. The smallest absolute Gasteiger partial charge is 0.416 e. The van der Waals surface area contributed by atoms with E-state index in [1.165, 1.54) is 12.1 Å². The molecule has 1 N–H and O–H groups in total. The first-order valence-electron chi connectivity index (χ1n) is 8.17. The Hall–Kier alpha value is -2.20. The molecule has 1 aromatic rings. The first kappa shape index (κ1) is 19.1. The maximum Gasteiger partial charge on any atom is 0.416 e. The van der Waals surface area contributed by atoms with Crippen molar-refractivity contribution in [1.29, 1.82) is 0 Å². The number of amides is 1. The lowest BCUT2D eigenvalue weighted by molar-refractivity contribution is -0.137. The Balaban J connectivity index is 1.79. The molecule has 0 saturated carbocycles. The van der Waals surface area contributed by atoms with Crippen LogP contribution in [0.3, 0.4) is 0 Å². The van der Waals surface area contributed by atoms with E-state index in [1.807, 2.05) is 4.90 Å². The summed E-state index contributed by atoms with van der Waals surface area (Å²) in [7, 11) is 0. The fourth-order valence-corrected chi connectivity index (χ4v) is 2.82. The molecule has 0 radical (unpaired) electrons. The predicted octanol–water partition coefficient (Wildman–Crippen LogP) is 2.69. The number of rotatable bonds is 6. The quantitative estimate of drug-likeness (QED) is 0.631. The van der Waals surface area contributed by atoms with Gasteiger partial charge in [-0.2, -0.15) is 13.2 Å². The van der Waals surface area contributed by atoms with Crippen molar-refractivity contribution < 1.29 is 22.7 Å². The van der Waals surface area contributed by atoms with E-state index in [9.17, 15) is 18.0 Å². The molecule has 1 heterocycles. The van der Waals surface area contributed by atoms with Gasteiger partial charge in [-0.15, -0.1) is 6.42 Å². The summed E-state index contributed by atoms with van der Waals surface area (Å²) in [6.07, 6.45) is 3.66. The SMILES string of the molecule is C#CCN1CCCCC1C(=O)NCCOc1cccc(C(F)(F)F)c1. The summed E-state index contributed by atoms with van der Waals surface area (Å²) >= 11 is 0.